The van der Waals surface area contributed by atoms with Gasteiger partial charge in [0, 0.05) is 42.9 Å². The van der Waals surface area contributed by atoms with E-state index < -0.39 is 5.82 Å². The Balaban J connectivity index is 1.32. The molecule has 1 aliphatic heterocycles. The summed E-state index contributed by atoms with van der Waals surface area (Å²) in [5.41, 5.74) is 9.73. The van der Waals surface area contributed by atoms with Crippen LogP contribution in [-0.2, 0) is 13.1 Å². The van der Waals surface area contributed by atoms with Crippen molar-refractivity contribution in [3.05, 3.63) is 59.0 Å². The first-order valence-electron chi connectivity index (χ1n) is 9.22. The van der Waals surface area contributed by atoms with Crippen molar-refractivity contribution in [1.29, 1.82) is 0 Å². The summed E-state index contributed by atoms with van der Waals surface area (Å²) in [6.45, 7) is 1.52. The van der Waals surface area contributed by atoms with Crippen molar-refractivity contribution in [1.82, 2.24) is 24.7 Å². The topological polar surface area (TPSA) is 72.3 Å². The van der Waals surface area contributed by atoms with Crippen molar-refractivity contribution in [3.8, 4) is 0 Å². The molecule has 0 bridgehead atoms. The van der Waals surface area contributed by atoms with Crippen molar-refractivity contribution >= 4 is 5.65 Å². The largest absolute Gasteiger partial charge is 0.327 e. The third kappa shape index (κ3) is 2.80. The fourth-order valence-electron chi connectivity index (χ4n) is 4.58. The molecule has 3 aromatic rings. The molecule has 2 N–H and O–H groups in total. The Labute approximate surface area is 155 Å². The number of nitrogens with two attached hydrogens (primary N) is 1. The average molecular weight is 370 g/mol. The highest BCUT2D eigenvalue weighted by Crippen LogP contribution is 2.38. The van der Waals surface area contributed by atoms with E-state index in [0.29, 0.717) is 11.6 Å². The Morgan fingerprint density at radius 1 is 1.11 bits per heavy atom. The van der Waals surface area contributed by atoms with Crippen molar-refractivity contribution < 1.29 is 8.78 Å². The number of nitrogens with zero attached hydrogens (tertiary/aromatic N) is 5. The van der Waals surface area contributed by atoms with Gasteiger partial charge < -0.3 is 5.73 Å². The number of hydrogen-bond donors (Lipinski definition) is 1. The van der Waals surface area contributed by atoms with Gasteiger partial charge in [0.05, 0.1) is 11.9 Å². The van der Waals surface area contributed by atoms with Gasteiger partial charge in [-0.1, -0.05) is 0 Å². The zero-order valence-electron chi connectivity index (χ0n) is 14.7. The Bertz CT molecular complexity index is 1000. The summed E-state index contributed by atoms with van der Waals surface area (Å²) in [6.07, 6.45) is 5.69. The lowest BCUT2D eigenvalue weighted by Gasteiger charge is -2.38. The first-order valence-corrected chi connectivity index (χ1v) is 9.22. The molecule has 3 atom stereocenters. The number of benzene rings is 1. The molecule has 8 heteroatoms. The summed E-state index contributed by atoms with van der Waals surface area (Å²) in [5.74, 6) is -0.936. The molecule has 2 aromatic heterocycles. The Morgan fingerprint density at radius 3 is 2.85 bits per heavy atom. The van der Waals surface area contributed by atoms with Crippen molar-refractivity contribution in [2.45, 2.75) is 50.4 Å². The fraction of sp³-hybridized carbons (Fsp3) is 0.421. The van der Waals surface area contributed by atoms with Crippen LogP contribution >= 0.6 is 0 Å². The zero-order chi connectivity index (χ0) is 18.5. The molecular weight excluding hydrogens is 350 g/mol. The van der Waals surface area contributed by atoms with Crippen LogP contribution in [0.5, 0.6) is 0 Å². The third-order valence-electron chi connectivity index (χ3n) is 5.92. The van der Waals surface area contributed by atoms with Gasteiger partial charge in [0.25, 0.3) is 0 Å². The molecule has 0 saturated heterocycles. The lowest BCUT2D eigenvalue weighted by atomic mass is 9.77. The number of hydrogen-bond acceptors (Lipinski definition) is 5. The molecule has 140 valence electrons. The minimum Gasteiger partial charge on any atom is -0.327 e. The van der Waals surface area contributed by atoms with Gasteiger partial charge in [0.15, 0.2) is 5.65 Å². The quantitative estimate of drug-likeness (QED) is 0.750. The summed E-state index contributed by atoms with van der Waals surface area (Å²) in [6, 6.07) is 3.73. The summed E-state index contributed by atoms with van der Waals surface area (Å²) in [5, 5.41) is 8.71. The van der Waals surface area contributed by atoms with Gasteiger partial charge in [-0.2, -0.15) is 10.2 Å². The molecular formula is C19H20F2N6. The van der Waals surface area contributed by atoms with Crippen molar-refractivity contribution in [3.63, 3.8) is 0 Å². The van der Waals surface area contributed by atoms with Gasteiger partial charge in [0.1, 0.15) is 11.6 Å². The van der Waals surface area contributed by atoms with Gasteiger partial charge in [-0.3, -0.25) is 4.90 Å². The van der Waals surface area contributed by atoms with Crippen LogP contribution < -0.4 is 5.73 Å². The molecule has 2 unspecified atom stereocenters. The van der Waals surface area contributed by atoms with E-state index in [-0.39, 0.29) is 17.8 Å². The van der Waals surface area contributed by atoms with Crippen molar-refractivity contribution in [2.24, 2.45) is 5.73 Å². The van der Waals surface area contributed by atoms with E-state index in [1.165, 1.54) is 12.1 Å². The Hall–Kier alpha value is -2.45. The molecule has 1 aliphatic carbocycles. The van der Waals surface area contributed by atoms with E-state index in [0.717, 1.165) is 55.3 Å². The second-order valence-corrected chi connectivity index (χ2v) is 7.49. The van der Waals surface area contributed by atoms with E-state index in [2.05, 4.69) is 20.1 Å². The molecule has 1 fully saturated rings. The summed E-state index contributed by atoms with van der Waals surface area (Å²) >= 11 is 0. The molecule has 0 radical (unpaired) electrons. The van der Waals surface area contributed by atoms with Crippen LogP contribution in [0.1, 0.15) is 42.0 Å². The van der Waals surface area contributed by atoms with Crippen LogP contribution in [0.15, 0.2) is 30.6 Å². The highest BCUT2D eigenvalue weighted by atomic mass is 19.1. The maximum absolute atomic E-state index is 14.2. The zero-order valence-corrected chi connectivity index (χ0v) is 14.7. The Morgan fingerprint density at radius 2 is 2.00 bits per heavy atom. The summed E-state index contributed by atoms with van der Waals surface area (Å²) in [4.78, 5) is 6.75. The molecule has 27 heavy (non-hydrogen) atoms. The maximum atomic E-state index is 14.2. The molecule has 6 nitrogen and oxygen atoms in total. The van der Waals surface area contributed by atoms with Gasteiger partial charge in [-0.05, 0) is 43.0 Å². The summed E-state index contributed by atoms with van der Waals surface area (Å²) < 4.78 is 29.3. The van der Waals surface area contributed by atoms with E-state index >= 15 is 0 Å². The molecule has 2 aliphatic rings. The number of rotatable bonds is 2. The molecule has 1 saturated carbocycles. The minimum absolute atomic E-state index is 0.147. The van der Waals surface area contributed by atoms with Crippen LogP contribution in [0.4, 0.5) is 8.78 Å². The Kier molecular flexibility index (Phi) is 3.91. The first-order chi connectivity index (χ1) is 13.1. The van der Waals surface area contributed by atoms with Gasteiger partial charge in [0.2, 0.25) is 0 Å². The van der Waals surface area contributed by atoms with Gasteiger partial charge in [-0.15, -0.1) is 4.63 Å². The highest BCUT2D eigenvalue weighted by molar-refractivity contribution is 5.50. The summed E-state index contributed by atoms with van der Waals surface area (Å²) in [7, 11) is 0. The van der Waals surface area contributed by atoms with Gasteiger partial charge >= 0.3 is 0 Å². The maximum Gasteiger partial charge on any atom is 0.180 e. The van der Waals surface area contributed by atoms with E-state index in [4.69, 9.17) is 5.73 Å². The normalized spacial score (nSPS) is 25.8. The predicted molar refractivity (Wildman–Crippen MR) is 94.7 cm³/mol. The smallest absolute Gasteiger partial charge is 0.180 e. The third-order valence-corrected chi connectivity index (χ3v) is 5.92. The molecule has 3 heterocycles. The monoisotopic (exact) mass is 370 g/mol. The van der Waals surface area contributed by atoms with Gasteiger partial charge in [-0.25, -0.2) is 13.8 Å². The fourth-order valence-corrected chi connectivity index (χ4v) is 4.58. The van der Waals surface area contributed by atoms with E-state index in [1.807, 2.05) is 0 Å². The number of aromatic nitrogens is 4. The van der Waals surface area contributed by atoms with Crippen molar-refractivity contribution in [2.75, 3.05) is 0 Å². The van der Waals surface area contributed by atoms with E-state index in [9.17, 15) is 8.78 Å². The SMILES string of the molecule is NC1C[C@@H](N2Cc3nn4nccnc4c3C2)CCC1c1cc(F)ccc1F. The standard InChI is InChI=1S/C19H20F2N6/c20-11-1-4-16(21)14(7-11)13-3-2-12(8-17(13)22)26-9-15-18(10-26)25-27-19(15)23-5-6-24-27/h1,4-7,12-13,17H,2-3,8-10,22H2/t12-,13?,17?/m0/s1. The molecule has 0 spiro atoms. The number of fused-ring (bicyclic) bond motifs is 3. The lowest BCUT2D eigenvalue weighted by Crippen LogP contribution is -2.44. The second-order valence-electron chi connectivity index (χ2n) is 7.49. The first kappa shape index (κ1) is 16.7. The van der Waals surface area contributed by atoms with Crippen LogP contribution in [-0.4, -0.2) is 36.8 Å². The van der Waals surface area contributed by atoms with Crippen LogP contribution in [0.3, 0.4) is 0 Å². The second kappa shape index (κ2) is 6.31. The molecule has 0 amide bonds. The molecule has 5 rings (SSSR count). The average Bonchev–Trinajstić information content (AvgIpc) is 3.22. The van der Waals surface area contributed by atoms with Crippen LogP contribution in [0.25, 0.3) is 5.65 Å². The van der Waals surface area contributed by atoms with Crippen LogP contribution in [0, 0.1) is 11.6 Å². The van der Waals surface area contributed by atoms with E-state index in [1.54, 1.807) is 17.0 Å². The highest BCUT2D eigenvalue weighted by Gasteiger charge is 2.37. The predicted octanol–water partition coefficient (Wildman–Crippen LogP) is 2.38. The minimum atomic E-state index is -0.417. The number of halogens is 2. The molecule has 1 aromatic carbocycles. The lowest BCUT2D eigenvalue weighted by molar-refractivity contribution is 0.136. The van der Waals surface area contributed by atoms with Crippen LogP contribution in [0.2, 0.25) is 0 Å².